The number of nitrogens with one attached hydrogen (secondary N) is 1. The smallest absolute Gasteiger partial charge is 0.336 e. The van der Waals surface area contributed by atoms with Crippen LogP contribution in [0.15, 0.2) is 66.7 Å². The van der Waals surface area contributed by atoms with Gasteiger partial charge in [0.05, 0.1) is 11.1 Å². The van der Waals surface area contributed by atoms with Crippen LogP contribution in [0, 0.1) is 11.5 Å². The van der Waals surface area contributed by atoms with E-state index in [-0.39, 0.29) is 17.5 Å². The summed E-state index contributed by atoms with van der Waals surface area (Å²) in [5.74, 6) is -2.53. The minimum atomic E-state index is -1.24. The number of amides is 2. The van der Waals surface area contributed by atoms with Gasteiger partial charge in [-0.2, -0.15) is 5.26 Å². The van der Waals surface area contributed by atoms with Crippen LogP contribution in [0.2, 0.25) is 0 Å². The SMILES string of the molecule is CN(C#N)C(=O)C(Cc1ccc2ccccc2c1)NC(=O)c1ccccc1C(=O)O. The summed E-state index contributed by atoms with van der Waals surface area (Å²) in [4.78, 5) is 37.7. The molecule has 0 bridgehead atoms. The first-order chi connectivity index (χ1) is 14.4. The first-order valence-corrected chi connectivity index (χ1v) is 9.19. The molecule has 0 saturated heterocycles. The van der Waals surface area contributed by atoms with Crippen LogP contribution in [0.1, 0.15) is 26.3 Å². The summed E-state index contributed by atoms with van der Waals surface area (Å²) in [5.41, 5.74) is 0.576. The van der Waals surface area contributed by atoms with Gasteiger partial charge in [-0.25, -0.2) is 4.79 Å². The molecule has 0 aliphatic heterocycles. The minimum Gasteiger partial charge on any atom is -0.478 e. The van der Waals surface area contributed by atoms with Crippen molar-refractivity contribution in [2.75, 3.05) is 7.05 Å². The lowest BCUT2D eigenvalue weighted by Crippen LogP contribution is -2.47. The maximum atomic E-state index is 12.8. The molecule has 30 heavy (non-hydrogen) atoms. The first-order valence-electron chi connectivity index (χ1n) is 9.19. The van der Waals surface area contributed by atoms with Crippen molar-refractivity contribution >= 4 is 28.6 Å². The highest BCUT2D eigenvalue weighted by molar-refractivity contribution is 6.06. The van der Waals surface area contributed by atoms with Crippen molar-refractivity contribution in [2.45, 2.75) is 12.5 Å². The van der Waals surface area contributed by atoms with Crippen LogP contribution in [0.3, 0.4) is 0 Å². The number of nitriles is 1. The third kappa shape index (κ3) is 4.45. The lowest BCUT2D eigenvalue weighted by atomic mass is 10.00. The molecule has 0 radical (unpaired) electrons. The zero-order chi connectivity index (χ0) is 21.7. The Kier molecular flexibility index (Phi) is 6.08. The maximum absolute atomic E-state index is 12.8. The van der Waals surface area contributed by atoms with Crippen LogP contribution in [-0.4, -0.2) is 40.9 Å². The zero-order valence-electron chi connectivity index (χ0n) is 16.2. The quantitative estimate of drug-likeness (QED) is 0.487. The van der Waals surface area contributed by atoms with Crippen molar-refractivity contribution in [3.63, 3.8) is 0 Å². The van der Waals surface area contributed by atoms with E-state index in [9.17, 15) is 19.5 Å². The van der Waals surface area contributed by atoms with Crippen molar-refractivity contribution in [1.29, 1.82) is 5.26 Å². The average Bonchev–Trinajstić information content (AvgIpc) is 2.77. The van der Waals surface area contributed by atoms with Gasteiger partial charge in [-0.1, -0.05) is 54.6 Å². The summed E-state index contributed by atoms with van der Waals surface area (Å²) in [5, 5.41) is 23.0. The Hall–Kier alpha value is -4.18. The second kappa shape index (κ2) is 8.88. The van der Waals surface area contributed by atoms with E-state index in [0.717, 1.165) is 21.2 Å². The molecule has 0 saturated carbocycles. The van der Waals surface area contributed by atoms with Gasteiger partial charge in [0.25, 0.3) is 11.8 Å². The number of hydrogen-bond acceptors (Lipinski definition) is 4. The highest BCUT2D eigenvalue weighted by Gasteiger charge is 2.26. The van der Waals surface area contributed by atoms with Crippen LogP contribution >= 0.6 is 0 Å². The van der Waals surface area contributed by atoms with Crippen LogP contribution < -0.4 is 5.32 Å². The number of carbonyl (C=O) groups is 3. The molecular weight excluding hydrogens is 382 g/mol. The summed E-state index contributed by atoms with van der Waals surface area (Å²) in [6, 6.07) is 18.2. The van der Waals surface area contributed by atoms with E-state index < -0.39 is 23.8 Å². The van der Waals surface area contributed by atoms with Crippen LogP contribution in [0.4, 0.5) is 0 Å². The van der Waals surface area contributed by atoms with E-state index in [2.05, 4.69) is 5.32 Å². The second-order valence-electron chi connectivity index (χ2n) is 6.76. The Balaban J connectivity index is 1.91. The van der Waals surface area contributed by atoms with Gasteiger partial charge in [0.2, 0.25) is 0 Å². The van der Waals surface area contributed by atoms with Crippen molar-refractivity contribution in [1.82, 2.24) is 10.2 Å². The number of nitrogens with zero attached hydrogens (tertiary/aromatic N) is 2. The van der Waals surface area contributed by atoms with E-state index in [1.54, 1.807) is 12.3 Å². The minimum absolute atomic E-state index is 0.0547. The molecule has 0 spiro atoms. The summed E-state index contributed by atoms with van der Waals surface area (Å²) in [6.07, 6.45) is 1.89. The molecule has 0 aromatic heterocycles. The van der Waals surface area contributed by atoms with Crippen molar-refractivity contribution in [2.24, 2.45) is 0 Å². The molecule has 1 atom stereocenters. The molecule has 7 heteroatoms. The molecule has 150 valence electrons. The molecule has 3 aromatic carbocycles. The molecule has 0 aliphatic rings. The number of rotatable bonds is 6. The van der Waals surface area contributed by atoms with Gasteiger partial charge in [-0.15, -0.1) is 0 Å². The molecule has 3 rings (SSSR count). The van der Waals surface area contributed by atoms with E-state index in [0.29, 0.717) is 0 Å². The Labute approximate surface area is 173 Å². The van der Waals surface area contributed by atoms with Gasteiger partial charge >= 0.3 is 5.97 Å². The van der Waals surface area contributed by atoms with Crippen molar-refractivity contribution < 1.29 is 19.5 Å². The topological polar surface area (TPSA) is 111 Å². The molecule has 7 nitrogen and oxygen atoms in total. The van der Waals surface area contributed by atoms with E-state index in [1.807, 2.05) is 42.5 Å². The third-order valence-corrected chi connectivity index (χ3v) is 4.74. The molecule has 2 amide bonds. The Morgan fingerprint density at radius 2 is 1.63 bits per heavy atom. The number of fused-ring (bicyclic) bond motifs is 1. The predicted molar refractivity (Wildman–Crippen MR) is 111 cm³/mol. The van der Waals surface area contributed by atoms with Crippen LogP contribution in [0.5, 0.6) is 0 Å². The third-order valence-electron chi connectivity index (χ3n) is 4.74. The molecule has 0 fully saturated rings. The number of carboxylic acids is 1. The standard InChI is InChI=1S/C23H19N3O4/c1-26(14-24)22(28)20(13-15-10-11-16-6-2-3-7-17(16)12-15)25-21(27)18-8-4-5-9-19(18)23(29)30/h2-12,20H,13H2,1H3,(H,25,27)(H,29,30). The monoisotopic (exact) mass is 401 g/mol. The molecule has 0 aliphatic carbocycles. The number of hydrogen-bond donors (Lipinski definition) is 2. The fourth-order valence-electron chi connectivity index (χ4n) is 3.19. The normalized spacial score (nSPS) is 11.3. The summed E-state index contributed by atoms with van der Waals surface area (Å²) in [7, 11) is 1.31. The van der Waals surface area contributed by atoms with Gasteiger partial charge in [0, 0.05) is 13.5 Å². The predicted octanol–water partition coefficient (Wildman–Crippen LogP) is 2.82. The highest BCUT2D eigenvalue weighted by atomic mass is 16.4. The summed E-state index contributed by atoms with van der Waals surface area (Å²) < 4.78 is 0. The number of benzene rings is 3. The Bertz CT molecular complexity index is 1170. The highest BCUT2D eigenvalue weighted by Crippen LogP contribution is 2.17. The van der Waals surface area contributed by atoms with E-state index >= 15 is 0 Å². The number of carboxylic acid groups (broad SMARTS) is 1. The van der Waals surface area contributed by atoms with Gasteiger partial charge < -0.3 is 10.4 Å². The van der Waals surface area contributed by atoms with E-state index in [4.69, 9.17) is 5.26 Å². The van der Waals surface area contributed by atoms with Gasteiger partial charge in [-0.05, 0) is 28.5 Å². The fourth-order valence-corrected chi connectivity index (χ4v) is 3.19. The van der Waals surface area contributed by atoms with Crippen molar-refractivity contribution in [3.05, 3.63) is 83.4 Å². The average molecular weight is 401 g/mol. The molecule has 3 aromatic rings. The summed E-state index contributed by atoms with van der Waals surface area (Å²) in [6.45, 7) is 0. The summed E-state index contributed by atoms with van der Waals surface area (Å²) >= 11 is 0. The zero-order valence-corrected chi connectivity index (χ0v) is 16.2. The molecule has 2 N–H and O–H groups in total. The lowest BCUT2D eigenvalue weighted by molar-refractivity contribution is -0.129. The van der Waals surface area contributed by atoms with Crippen molar-refractivity contribution in [3.8, 4) is 6.19 Å². The Morgan fingerprint density at radius 3 is 2.30 bits per heavy atom. The van der Waals surface area contributed by atoms with Gasteiger partial charge in [0.15, 0.2) is 6.19 Å². The van der Waals surface area contributed by atoms with Crippen LogP contribution in [-0.2, 0) is 11.2 Å². The molecular formula is C23H19N3O4. The number of likely N-dealkylation sites (N-methyl/N-ethyl adjacent to an activating group) is 1. The fraction of sp³-hybridized carbons (Fsp3) is 0.130. The number of aromatic carboxylic acids is 1. The molecule has 0 heterocycles. The molecule has 1 unspecified atom stereocenters. The Morgan fingerprint density at radius 1 is 1.00 bits per heavy atom. The number of carbonyl (C=O) groups excluding carboxylic acids is 2. The van der Waals surface area contributed by atoms with Gasteiger partial charge in [-0.3, -0.25) is 14.5 Å². The van der Waals surface area contributed by atoms with E-state index in [1.165, 1.54) is 25.2 Å². The lowest BCUT2D eigenvalue weighted by Gasteiger charge is -2.21. The first kappa shape index (κ1) is 20.6. The van der Waals surface area contributed by atoms with Gasteiger partial charge in [0.1, 0.15) is 6.04 Å². The second-order valence-corrected chi connectivity index (χ2v) is 6.76. The largest absolute Gasteiger partial charge is 0.478 e. The van der Waals surface area contributed by atoms with Crippen LogP contribution in [0.25, 0.3) is 10.8 Å². The maximum Gasteiger partial charge on any atom is 0.336 e.